The second-order valence-corrected chi connectivity index (χ2v) is 6.64. The highest BCUT2D eigenvalue weighted by atomic mass is 79.9. The average Bonchev–Trinajstić information content (AvgIpc) is 2.44. The molecule has 0 radical (unpaired) electrons. The number of halogens is 1. The fourth-order valence-corrected chi connectivity index (χ4v) is 3.67. The van der Waals surface area contributed by atoms with Crippen molar-refractivity contribution in [2.24, 2.45) is 5.41 Å². The second-order valence-electron chi connectivity index (χ2n) is 5.84. The number of rotatable bonds is 3. The quantitative estimate of drug-likeness (QED) is 0.558. The second kappa shape index (κ2) is 7.04. The number of benzene rings is 1. The Kier molecular flexibility index (Phi) is 5.35. The molecule has 4 nitrogen and oxygen atoms in total. The van der Waals surface area contributed by atoms with Gasteiger partial charge >= 0.3 is 0 Å². The molecule has 0 atom stereocenters. The molecule has 0 N–H and O–H groups in total. The maximum Gasteiger partial charge on any atom is 0.283 e. The van der Waals surface area contributed by atoms with Crippen molar-refractivity contribution in [3.63, 3.8) is 0 Å². The van der Waals surface area contributed by atoms with E-state index < -0.39 is 0 Å². The first-order valence-corrected chi connectivity index (χ1v) is 8.20. The first kappa shape index (κ1) is 16.0. The summed E-state index contributed by atoms with van der Waals surface area (Å²) in [7, 11) is 0. The molecule has 0 spiro atoms. The minimum Gasteiger partial charge on any atom is -0.258 e. The van der Waals surface area contributed by atoms with Crippen molar-refractivity contribution in [2.45, 2.75) is 51.4 Å². The van der Waals surface area contributed by atoms with Gasteiger partial charge < -0.3 is 0 Å². The third-order valence-electron chi connectivity index (χ3n) is 4.33. The third kappa shape index (κ3) is 3.82. The molecule has 0 heterocycles. The van der Waals surface area contributed by atoms with Gasteiger partial charge in [0.1, 0.15) is 0 Å². The van der Waals surface area contributed by atoms with Gasteiger partial charge in [0, 0.05) is 6.07 Å². The zero-order valence-corrected chi connectivity index (χ0v) is 13.6. The summed E-state index contributed by atoms with van der Waals surface area (Å²) in [4.78, 5) is 10.6. The SMILES string of the molecule is N#CC1(Cc2cccc([N+](=O)[O-])c2Br)CCCCCCC1. The lowest BCUT2D eigenvalue weighted by molar-refractivity contribution is -0.385. The van der Waals surface area contributed by atoms with Crippen LogP contribution in [0.2, 0.25) is 0 Å². The van der Waals surface area contributed by atoms with Crippen molar-refractivity contribution < 1.29 is 4.92 Å². The molecule has 1 saturated carbocycles. The first-order chi connectivity index (χ1) is 10.1. The molecule has 0 bridgehead atoms. The predicted molar refractivity (Wildman–Crippen MR) is 84.9 cm³/mol. The topological polar surface area (TPSA) is 66.9 Å². The number of nitro groups is 1. The summed E-state index contributed by atoms with van der Waals surface area (Å²) in [5.41, 5.74) is 0.566. The van der Waals surface area contributed by atoms with Crippen LogP contribution in [0, 0.1) is 26.9 Å². The van der Waals surface area contributed by atoms with E-state index in [0.29, 0.717) is 10.9 Å². The van der Waals surface area contributed by atoms with Gasteiger partial charge in [-0.25, -0.2) is 0 Å². The van der Waals surface area contributed by atoms with Gasteiger partial charge in [0.25, 0.3) is 5.69 Å². The van der Waals surface area contributed by atoms with Crippen LogP contribution >= 0.6 is 15.9 Å². The third-order valence-corrected chi connectivity index (χ3v) is 5.25. The van der Waals surface area contributed by atoms with E-state index in [4.69, 9.17) is 0 Å². The Balaban J connectivity index is 2.27. The molecular formula is C16H19BrN2O2. The largest absolute Gasteiger partial charge is 0.283 e. The van der Waals surface area contributed by atoms with E-state index in [1.54, 1.807) is 6.07 Å². The standard InChI is InChI=1S/C16H19BrN2O2/c17-15-13(7-6-8-14(15)19(20)21)11-16(12-18)9-4-2-1-3-5-10-16/h6-8H,1-5,9-11H2. The molecule has 0 unspecified atom stereocenters. The van der Waals surface area contributed by atoms with Gasteiger partial charge in [-0.05, 0) is 40.8 Å². The number of hydrogen-bond donors (Lipinski definition) is 0. The Morgan fingerprint density at radius 1 is 1.24 bits per heavy atom. The number of nitro benzene ring substituents is 1. The molecule has 1 fully saturated rings. The van der Waals surface area contributed by atoms with Crippen LogP contribution in [0.3, 0.4) is 0 Å². The molecule has 21 heavy (non-hydrogen) atoms. The smallest absolute Gasteiger partial charge is 0.258 e. The molecule has 112 valence electrons. The average molecular weight is 351 g/mol. The first-order valence-electron chi connectivity index (χ1n) is 7.41. The Hall–Kier alpha value is -1.41. The summed E-state index contributed by atoms with van der Waals surface area (Å²) in [5.74, 6) is 0. The minimum atomic E-state index is -0.384. The molecular weight excluding hydrogens is 332 g/mol. The molecule has 2 rings (SSSR count). The summed E-state index contributed by atoms with van der Waals surface area (Å²) in [6.07, 6.45) is 8.12. The summed E-state index contributed by atoms with van der Waals surface area (Å²) in [5, 5.41) is 20.7. The summed E-state index contributed by atoms with van der Waals surface area (Å²) >= 11 is 3.35. The van der Waals surface area contributed by atoms with Gasteiger partial charge in [0.15, 0.2) is 0 Å². The van der Waals surface area contributed by atoms with Crippen LogP contribution in [0.1, 0.15) is 50.5 Å². The van der Waals surface area contributed by atoms with Crippen molar-refractivity contribution in [1.82, 2.24) is 0 Å². The van der Waals surface area contributed by atoms with Crippen molar-refractivity contribution >= 4 is 21.6 Å². The number of nitrogens with zero attached hydrogens (tertiary/aromatic N) is 2. The predicted octanol–water partition coefficient (Wildman–Crippen LogP) is 5.15. The summed E-state index contributed by atoms with van der Waals surface area (Å²) in [6, 6.07) is 7.59. The molecule has 1 aromatic rings. The highest BCUT2D eigenvalue weighted by Gasteiger charge is 2.32. The molecule has 0 saturated heterocycles. The number of hydrogen-bond acceptors (Lipinski definition) is 3. The van der Waals surface area contributed by atoms with Crippen LogP contribution in [0.5, 0.6) is 0 Å². The van der Waals surface area contributed by atoms with Crippen LogP contribution < -0.4 is 0 Å². The lowest BCUT2D eigenvalue weighted by Gasteiger charge is -2.29. The molecule has 1 aliphatic carbocycles. The van der Waals surface area contributed by atoms with Gasteiger partial charge in [-0.15, -0.1) is 0 Å². The summed E-state index contributed by atoms with van der Waals surface area (Å²) in [6.45, 7) is 0. The van der Waals surface area contributed by atoms with Crippen LogP contribution in [-0.2, 0) is 6.42 Å². The zero-order chi connectivity index (χ0) is 15.3. The van der Waals surface area contributed by atoms with Gasteiger partial charge in [0.05, 0.1) is 20.9 Å². The lowest BCUT2D eigenvalue weighted by atomic mass is 9.73. The molecule has 1 aliphatic rings. The fourth-order valence-electron chi connectivity index (χ4n) is 3.12. The molecule has 5 heteroatoms. The molecule has 0 aromatic heterocycles. The monoisotopic (exact) mass is 350 g/mol. The van der Waals surface area contributed by atoms with Gasteiger partial charge in [0.2, 0.25) is 0 Å². The normalized spacial score (nSPS) is 18.3. The Labute approximate surface area is 133 Å². The molecule has 1 aromatic carbocycles. The Morgan fingerprint density at radius 3 is 2.43 bits per heavy atom. The maximum absolute atomic E-state index is 11.0. The van der Waals surface area contributed by atoms with Gasteiger partial charge in [-0.2, -0.15) is 5.26 Å². The van der Waals surface area contributed by atoms with Crippen molar-refractivity contribution in [3.8, 4) is 6.07 Å². The van der Waals surface area contributed by atoms with E-state index in [9.17, 15) is 15.4 Å². The van der Waals surface area contributed by atoms with Crippen LogP contribution in [0.15, 0.2) is 22.7 Å². The fraction of sp³-hybridized carbons (Fsp3) is 0.562. The van der Waals surface area contributed by atoms with E-state index >= 15 is 0 Å². The minimum absolute atomic E-state index is 0.0754. The van der Waals surface area contributed by atoms with E-state index in [1.807, 2.05) is 6.07 Å². The lowest BCUT2D eigenvalue weighted by Crippen LogP contribution is -2.23. The van der Waals surface area contributed by atoms with E-state index in [0.717, 1.165) is 31.2 Å². The molecule has 0 amide bonds. The van der Waals surface area contributed by atoms with E-state index in [1.165, 1.54) is 25.3 Å². The van der Waals surface area contributed by atoms with Crippen molar-refractivity contribution in [1.29, 1.82) is 5.26 Å². The van der Waals surface area contributed by atoms with Crippen LogP contribution in [0.4, 0.5) is 5.69 Å². The zero-order valence-electron chi connectivity index (χ0n) is 12.0. The molecule has 0 aliphatic heterocycles. The van der Waals surface area contributed by atoms with Gasteiger partial charge in [-0.1, -0.05) is 44.2 Å². The Bertz CT molecular complexity index is 558. The van der Waals surface area contributed by atoms with Crippen molar-refractivity contribution in [3.05, 3.63) is 38.3 Å². The Morgan fingerprint density at radius 2 is 1.86 bits per heavy atom. The van der Waals surface area contributed by atoms with Gasteiger partial charge in [-0.3, -0.25) is 10.1 Å². The highest BCUT2D eigenvalue weighted by Crippen LogP contribution is 2.39. The maximum atomic E-state index is 11.0. The highest BCUT2D eigenvalue weighted by molar-refractivity contribution is 9.10. The number of nitriles is 1. The van der Waals surface area contributed by atoms with Crippen LogP contribution in [0.25, 0.3) is 0 Å². The van der Waals surface area contributed by atoms with E-state index in [-0.39, 0.29) is 16.0 Å². The van der Waals surface area contributed by atoms with Crippen LogP contribution in [-0.4, -0.2) is 4.92 Å². The van der Waals surface area contributed by atoms with E-state index in [2.05, 4.69) is 22.0 Å². The van der Waals surface area contributed by atoms with Crippen molar-refractivity contribution in [2.75, 3.05) is 0 Å². The summed E-state index contributed by atoms with van der Waals surface area (Å²) < 4.78 is 0.520.